The fourth-order valence-corrected chi connectivity index (χ4v) is 1.95. The second kappa shape index (κ2) is 5.73. The van der Waals surface area contributed by atoms with Gasteiger partial charge in [-0.15, -0.1) is 11.8 Å². The summed E-state index contributed by atoms with van der Waals surface area (Å²) in [5.41, 5.74) is 6.50. The minimum atomic E-state index is 0.324. The molecule has 0 spiro atoms. The molecule has 18 heavy (non-hydrogen) atoms. The molecule has 0 bridgehead atoms. The Morgan fingerprint density at radius 2 is 1.94 bits per heavy atom. The fourth-order valence-electron chi connectivity index (χ4n) is 1.54. The van der Waals surface area contributed by atoms with Crippen LogP contribution in [0.1, 0.15) is 11.5 Å². The first-order valence-corrected chi connectivity index (χ1v) is 6.77. The first kappa shape index (κ1) is 12.7. The van der Waals surface area contributed by atoms with Gasteiger partial charge in [0, 0.05) is 16.7 Å². The summed E-state index contributed by atoms with van der Waals surface area (Å²) in [5, 5.41) is 0. The zero-order valence-corrected chi connectivity index (χ0v) is 11.2. The summed E-state index contributed by atoms with van der Waals surface area (Å²) in [6.45, 7) is 2.21. The minimum absolute atomic E-state index is 0.324. The number of hydrogen-bond donors (Lipinski definition) is 1. The maximum atomic E-state index is 5.66. The molecule has 0 saturated carbocycles. The van der Waals surface area contributed by atoms with E-state index in [2.05, 4.69) is 9.97 Å². The van der Waals surface area contributed by atoms with E-state index in [-0.39, 0.29) is 0 Å². The van der Waals surface area contributed by atoms with Gasteiger partial charge in [-0.25, -0.2) is 9.97 Å². The van der Waals surface area contributed by atoms with Crippen molar-refractivity contribution >= 4 is 17.6 Å². The number of thioether (sulfide) groups is 1. The summed E-state index contributed by atoms with van der Waals surface area (Å²) in [5.74, 6) is 1.87. The van der Waals surface area contributed by atoms with Gasteiger partial charge in [0.1, 0.15) is 18.2 Å². The lowest BCUT2D eigenvalue weighted by Crippen LogP contribution is -2.05. The predicted molar refractivity (Wildman–Crippen MR) is 73.7 cm³/mol. The van der Waals surface area contributed by atoms with Crippen LogP contribution < -0.4 is 10.5 Å². The highest BCUT2D eigenvalue weighted by Crippen LogP contribution is 2.19. The van der Waals surface area contributed by atoms with Crippen molar-refractivity contribution in [1.29, 1.82) is 0 Å². The van der Waals surface area contributed by atoms with Crippen molar-refractivity contribution in [1.82, 2.24) is 9.97 Å². The SMILES string of the molecule is CSc1ccc(OCc2nc(C)cc(N)n2)cc1. The van der Waals surface area contributed by atoms with Crippen molar-refractivity contribution in [3.8, 4) is 5.75 Å². The van der Waals surface area contributed by atoms with Crippen LogP contribution in [0.4, 0.5) is 5.82 Å². The lowest BCUT2D eigenvalue weighted by atomic mass is 10.3. The molecule has 2 rings (SSSR count). The second-order valence-corrected chi connectivity index (χ2v) is 4.69. The van der Waals surface area contributed by atoms with E-state index in [9.17, 15) is 0 Å². The Morgan fingerprint density at radius 1 is 1.22 bits per heavy atom. The van der Waals surface area contributed by atoms with Crippen molar-refractivity contribution in [2.75, 3.05) is 12.0 Å². The fraction of sp³-hybridized carbons (Fsp3) is 0.231. The van der Waals surface area contributed by atoms with Gasteiger partial charge in [-0.3, -0.25) is 0 Å². The van der Waals surface area contributed by atoms with Gasteiger partial charge in [-0.1, -0.05) is 0 Å². The van der Waals surface area contributed by atoms with Crippen molar-refractivity contribution in [3.05, 3.63) is 41.9 Å². The Hall–Kier alpha value is -1.75. The van der Waals surface area contributed by atoms with E-state index in [1.807, 2.05) is 37.4 Å². The monoisotopic (exact) mass is 261 g/mol. The van der Waals surface area contributed by atoms with E-state index in [0.29, 0.717) is 18.2 Å². The number of nitrogen functional groups attached to an aromatic ring is 1. The summed E-state index contributed by atoms with van der Waals surface area (Å²) in [6.07, 6.45) is 2.04. The lowest BCUT2D eigenvalue weighted by molar-refractivity contribution is 0.295. The molecule has 0 aliphatic heterocycles. The predicted octanol–water partition coefficient (Wildman–Crippen LogP) is 2.67. The third-order valence-electron chi connectivity index (χ3n) is 2.35. The molecule has 1 heterocycles. The van der Waals surface area contributed by atoms with Crippen LogP contribution in [0.2, 0.25) is 0 Å². The number of benzene rings is 1. The standard InChI is InChI=1S/C13H15N3OS/c1-9-7-12(14)16-13(15-9)8-17-10-3-5-11(18-2)6-4-10/h3-7H,8H2,1-2H3,(H2,14,15,16). The highest BCUT2D eigenvalue weighted by atomic mass is 32.2. The molecule has 0 atom stereocenters. The van der Waals surface area contributed by atoms with E-state index >= 15 is 0 Å². The molecule has 0 amide bonds. The molecule has 0 saturated heterocycles. The average molecular weight is 261 g/mol. The van der Waals surface area contributed by atoms with Crippen LogP contribution in [0, 0.1) is 6.92 Å². The average Bonchev–Trinajstić information content (AvgIpc) is 2.36. The van der Waals surface area contributed by atoms with Gasteiger partial charge in [0.2, 0.25) is 0 Å². The number of aromatic nitrogens is 2. The van der Waals surface area contributed by atoms with E-state index < -0.39 is 0 Å². The van der Waals surface area contributed by atoms with Crippen LogP contribution in [0.5, 0.6) is 5.75 Å². The maximum absolute atomic E-state index is 5.66. The Kier molecular flexibility index (Phi) is 4.04. The molecule has 0 radical (unpaired) electrons. The second-order valence-electron chi connectivity index (χ2n) is 3.81. The minimum Gasteiger partial charge on any atom is -0.486 e. The number of rotatable bonds is 4. The normalized spacial score (nSPS) is 10.3. The molecule has 94 valence electrons. The molecule has 0 aliphatic carbocycles. The van der Waals surface area contributed by atoms with Crippen LogP contribution in [-0.2, 0) is 6.61 Å². The number of nitrogens with two attached hydrogens (primary N) is 1. The molecule has 1 aromatic heterocycles. The van der Waals surface area contributed by atoms with Gasteiger partial charge in [0.15, 0.2) is 5.82 Å². The summed E-state index contributed by atoms with van der Waals surface area (Å²) in [4.78, 5) is 9.59. The molecular weight excluding hydrogens is 246 g/mol. The Morgan fingerprint density at radius 3 is 2.56 bits per heavy atom. The summed E-state index contributed by atoms with van der Waals surface area (Å²) in [7, 11) is 0. The molecule has 2 aromatic rings. The van der Waals surface area contributed by atoms with Gasteiger partial charge in [0.25, 0.3) is 0 Å². The zero-order chi connectivity index (χ0) is 13.0. The number of aryl methyl sites for hydroxylation is 1. The summed E-state index contributed by atoms with van der Waals surface area (Å²) < 4.78 is 5.61. The maximum Gasteiger partial charge on any atom is 0.168 e. The zero-order valence-electron chi connectivity index (χ0n) is 10.4. The van der Waals surface area contributed by atoms with Gasteiger partial charge < -0.3 is 10.5 Å². The van der Waals surface area contributed by atoms with E-state index in [1.54, 1.807) is 17.8 Å². The Labute approximate surface area is 111 Å². The smallest absolute Gasteiger partial charge is 0.168 e. The van der Waals surface area contributed by atoms with Gasteiger partial charge in [0.05, 0.1) is 0 Å². The molecule has 0 aliphatic rings. The first-order valence-electron chi connectivity index (χ1n) is 5.54. The quantitative estimate of drug-likeness (QED) is 0.857. The number of nitrogens with zero attached hydrogens (tertiary/aromatic N) is 2. The third kappa shape index (κ3) is 3.37. The molecule has 5 heteroatoms. The molecule has 1 aromatic carbocycles. The van der Waals surface area contributed by atoms with Crippen molar-refractivity contribution in [2.24, 2.45) is 0 Å². The summed E-state index contributed by atoms with van der Waals surface area (Å²) in [6, 6.07) is 9.64. The lowest BCUT2D eigenvalue weighted by Gasteiger charge is -2.07. The van der Waals surface area contributed by atoms with Gasteiger partial charge in [-0.2, -0.15) is 0 Å². The molecular formula is C13H15N3OS. The van der Waals surface area contributed by atoms with Crippen LogP contribution in [0.15, 0.2) is 35.2 Å². The van der Waals surface area contributed by atoms with Crippen molar-refractivity contribution in [2.45, 2.75) is 18.4 Å². The highest BCUT2D eigenvalue weighted by molar-refractivity contribution is 7.98. The largest absolute Gasteiger partial charge is 0.486 e. The Bertz CT molecular complexity index is 508. The van der Waals surface area contributed by atoms with E-state index in [0.717, 1.165) is 11.4 Å². The van der Waals surface area contributed by atoms with E-state index in [4.69, 9.17) is 10.5 Å². The Balaban J connectivity index is 2.01. The molecule has 0 fully saturated rings. The van der Waals surface area contributed by atoms with Crippen molar-refractivity contribution < 1.29 is 4.74 Å². The molecule has 4 nitrogen and oxygen atoms in total. The van der Waals surface area contributed by atoms with E-state index in [1.165, 1.54) is 4.90 Å². The molecule has 0 unspecified atom stereocenters. The number of ether oxygens (including phenoxy) is 1. The molecule has 2 N–H and O–H groups in total. The first-order chi connectivity index (χ1) is 8.67. The van der Waals surface area contributed by atoms with Crippen LogP contribution >= 0.6 is 11.8 Å². The number of anilines is 1. The third-order valence-corrected chi connectivity index (χ3v) is 3.09. The van der Waals surface area contributed by atoms with Crippen molar-refractivity contribution in [3.63, 3.8) is 0 Å². The van der Waals surface area contributed by atoms with Crippen LogP contribution in [-0.4, -0.2) is 16.2 Å². The highest BCUT2D eigenvalue weighted by Gasteiger charge is 2.01. The van der Waals surface area contributed by atoms with Gasteiger partial charge >= 0.3 is 0 Å². The van der Waals surface area contributed by atoms with Crippen LogP contribution in [0.3, 0.4) is 0 Å². The number of hydrogen-bond acceptors (Lipinski definition) is 5. The van der Waals surface area contributed by atoms with Crippen LogP contribution in [0.25, 0.3) is 0 Å². The topological polar surface area (TPSA) is 61.0 Å². The van der Waals surface area contributed by atoms with Gasteiger partial charge in [-0.05, 0) is 37.4 Å². The summed E-state index contributed by atoms with van der Waals surface area (Å²) >= 11 is 1.70.